The van der Waals surface area contributed by atoms with Crippen LogP contribution in [0.4, 0.5) is 17.6 Å². The van der Waals surface area contributed by atoms with E-state index in [-0.39, 0.29) is 16.6 Å². The van der Waals surface area contributed by atoms with Crippen LogP contribution in [0.15, 0.2) is 12.3 Å². The van der Waals surface area contributed by atoms with Gasteiger partial charge in [-0.3, -0.25) is 4.79 Å². The molecule has 1 aliphatic rings. The van der Waals surface area contributed by atoms with Gasteiger partial charge in [0.2, 0.25) is 6.29 Å². The van der Waals surface area contributed by atoms with Gasteiger partial charge >= 0.3 is 17.7 Å². The van der Waals surface area contributed by atoms with Crippen LogP contribution in [0.1, 0.15) is 55.2 Å². The van der Waals surface area contributed by atoms with Gasteiger partial charge in [0.05, 0.1) is 24.5 Å². The second-order valence-corrected chi connectivity index (χ2v) is 8.36. The van der Waals surface area contributed by atoms with Crippen LogP contribution in [-0.4, -0.2) is 54.0 Å². The highest BCUT2D eigenvalue weighted by atomic mass is 19.4. The molecule has 1 saturated heterocycles. The van der Waals surface area contributed by atoms with Crippen molar-refractivity contribution in [2.45, 2.75) is 51.1 Å². The number of hydrogen-bond donors (Lipinski definition) is 1. The molecular formula is C19H24F4N3O4+. The van der Waals surface area contributed by atoms with Gasteiger partial charge in [0.1, 0.15) is 4.76 Å². The van der Waals surface area contributed by atoms with Crippen molar-refractivity contribution in [3.05, 3.63) is 34.0 Å². The lowest BCUT2D eigenvalue weighted by Crippen LogP contribution is -2.63. The van der Waals surface area contributed by atoms with Crippen LogP contribution < -0.4 is 5.32 Å². The fourth-order valence-corrected chi connectivity index (χ4v) is 3.26. The molecule has 2 heterocycles. The Balaban J connectivity index is 2.58. The summed E-state index contributed by atoms with van der Waals surface area (Å²) in [6.07, 6.45) is -3.65. The zero-order chi connectivity index (χ0) is 23.1. The monoisotopic (exact) mass is 434 g/mol. The van der Waals surface area contributed by atoms with Gasteiger partial charge in [-0.1, -0.05) is 20.8 Å². The molecule has 7 nitrogen and oxygen atoms in total. The summed E-state index contributed by atoms with van der Waals surface area (Å²) in [5.74, 6) is -3.45. The fourth-order valence-electron chi connectivity index (χ4n) is 3.26. The number of aldehydes is 1. The Bertz CT molecular complexity index is 862. The van der Waals surface area contributed by atoms with Crippen molar-refractivity contribution in [1.29, 1.82) is 0 Å². The number of amides is 1. The summed E-state index contributed by atoms with van der Waals surface area (Å²) < 4.78 is 59.6. The summed E-state index contributed by atoms with van der Waals surface area (Å²) in [5, 5.41) is 2.51. The van der Waals surface area contributed by atoms with Crippen LogP contribution in [0.5, 0.6) is 0 Å². The Morgan fingerprint density at radius 3 is 2.27 bits per heavy atom. The molecule has 0 aromatic carbocycles. The van der Waals surface area contributed by atoms with E-state index >= 15 is 0 Å². The number of nitroso groups, excluding NO2 is 1. The van der Waals surface area contributed by atoms with E-state index in [9.17, 15) is 32.1 Å². The minimum absolute atomic E-state index is 0.151. The van der Waals surface area contributed by atoms with Crippen molar-refractivity contribution < 1.29 is 36.6 Å². The van der Waals surface area contributed by atoms with Crippen LogP contribution in [0, 0.1) is 10.3 Å². The van der Waals surface area contributed by atoms with E-state index in [2.05, 4.69) is 10.3 Å². The molecule has 1 fully saturated rings. The van der Waals surface area contributed by atoms with Gasteiger partial charge in [0.25, 0.3) is 0 Å². The Kier molecular flexibility index (Phi) is 6.22. The molecule has 1 amide bonds. The Morgan fingerprint density at radius 2 is 1.90 bits per heavy atom. The first kappa shape index (κ1) is 24.0. The third-order valence-corrected chi connectivity index (χ3v) is 5.46. The van der Waals surface area contributed by atoms with Crippen molar-refractivity contribution in [3.8, 4) is 0 Å². The molecule has 11 heteroatoms. The van der Waals surface area contributed by atoms with Gasteiger partial charge < -0.3 is 4.74 Å². The molecule has 0 saturated carbocycles. The topological polar surface area (TPSA) is 88.4 Å². The first-order chi connectivity index (χ1) is 13.6. The number of alkyl halides is 4. The number of halogens is 4. The lowest BCUT2D eigenvalue weighted by atomic mass is 9.80. The second kappa shape index (κ2) is 7.77. The highest BCUT2D eigenvalue weighted by molar-refractivity contribution is 5.87. The molecule has 1 aliphatic heterocycles. The summed E-state index contributed by atoms with van der Waals surface area (Å²) in [5.41, 5.74) is -6.72. The van der Waals surface area contributed by atoms with E-state index in [0.29, 0.717) is 0 Å². The van der Waals surface area contributed by atoms with Gasteiger partial charge in [-0.15, -0.1) is 0 Å². The number of pyridine rings is 1. The fraction of sp³-hybridized carbons (Fsp3) is 0.632. The van der Waals surface area contributed by atoms with E-state index in [1.807, 2.05) is 0 Å². The zero-order valence-corrected chi connectivity index (χ0v) is 17.3. The molecule has 0 unspecified atom stereocenters. The molecule has 1 N–H and O–H groups in total. The number of likely N-dealkylation sites (N-methyl/N-ethyl adjacent to an activating group) is 1. The van der Waals surface area contributed by atoms with Crippen LogP contribution in [0.3, 0.4) is 0 Å². The predicted octanol–water partition coefficient (Wildman–Crippen LogP) is 3.02. The number of nitrogens with one attached hydrogen (secondary N) is 1. The van der Waals surface area contributed by atoms with E-state index in [4.69, 9.17) is 4.74 Å². The Labute approximate surface area is 170 Å². The summed E-state index contributed by atoms with van der Waals surface area (Å²) in [6, 6.07) is 0.758. The van der Waals surface area contributed by atoms with Crippen molar-refractivity contribution in [1.82, 2.24) is 10.3 Å². The number of hydrogen-bond acceptors (Lipinski definition) is 6. The minimum atomic E-state index is -4.72. The maximum Gasteiger partial charge on any atom is 0.486 e. The molecule has 1 aromatic heterocycles. The van der Waals surface area contributed by atoms with Gasteiger partial charge in [-0.2, -0.15) is 13.2 Å². The molecular weight excluding hydrogens is 410 g/mol. The Morgan fingerprint density at radius 1 is 1.33 bits per heavy atom. The molecule has 0 bridgehead atoms. The number of rotatable bonds is 6. The number of carbonyl (C=O) groups excluding carboxylic acids is 2. The van der Waals surface area contributed by atoms with E-state index in [1.54, 1.807) is 0 Å². The molecule has 2 rings (SSSR count). The average molecular weight is 434 g/mol. The summed E-state index contributed by atoms with van der Waals surface area (Å²) in [4.78, 5) is 41.1. The number of carbonyl (C=O) groups is 2. The third kappa shape index (κ3) is 3.87. The Hall–Kier alpha value is -2.27. The van der Waals surface area contributed by atoms with Crippen molar-refractivity contribution in [3.63, 3.8) is 0 Å². The molecule has 0 aliphatic carbocycles. The number of ether oxygens (including phenoxy) is 1. The molecule has 1 aromatic rings. The number of nitrogens with zero attached hydrogens (tertiary/aromatic N) is 2. The lowest BCUT2D eigenvalue weighted by Gasteiger charge is -2.36. The molecule has 2 atom stereocenters. The lowest BCUT2D eigenvalue weighted by molar-refractivity contribution is -0.548. The van der Waals surface area contributed by atoms with Gasteiger partial charge in [0.15, 0.2) is 11.4 Å². The smallest absolute Gasteiger partial charge is 0.374 e. The highest BCUT2D eigenvalue weighted by Gasteiger charge is 2.59. The van der Waals surface area contributed by atoms with Crippen LogP contribution in [-0.2, 0) is 15.2 Å². The molecule has 30 heavy (non-hydrogen) atoms. The predicted molar refractivity (Wildman–Crippen MR) is 97.6 cm³/mol. The molecule has 166 valence electrons. The standard InChI is InChI=1S/C19H24F4N3O4/c1-11(19(21,22)23)12-6-14(25-7-13(12)17(20)9-30-10-17)15(28)26(29)18(8-27,24-5)16(2,3)4/h6-8,11,24H,9-10H2,1-5H3/q+1/t11-,18+/m0/s1. The van der Waals surface area contributed by atoms with Crippen LogP contribution in [0.2, 0.25) is 0 Å². The molecule has 0 radical (unpaired) electrons. The van der Waals surface area contributed by atoms with E-state index in [0.717, 1.165) is 19.2 Å². The minimum Gasteiger partial charge on any atom is -0.374 e. The first-order valence-electron chi connectivity index (χ1n) is 9.15. The zero-order valence-electron chi connectivity index (χ0n) is 17.3. The summed E-state index contributed by atoms with van der Waals surface area (Å²) in [6.45, 7) is 4.55. The normalized spacial score (nSPS) is 19.4. The summed E-state index contributed by atoms with van der Waals surface area (Å²) in [7, 11) is 1.30. The van der Waals surface area contributed by atoms with Gasteiger partial charge in [0, 0.05) is 16.7 Å². The maximum absolute atomic E-state index is 14.8. The van der Waals surface area contributed by atoms with Crippen LogP contribution in [0.25, 0.3) is 0 Å². The van der Waals surface area contributed by atoms with Crippen molar-refractivity contribution in [2.24, 2.45) is 5.41 Å². The highest BCUT2D eigenvalue weighted by Crippen LogP contribution is 2.43. The quantitative estimate of drug-likeness (QED) is 0.321. The molecule has 0 spiro atoms. The first-order valence-corrected chi connectivity index (χ1v) is 9.15. The van der Waals surface area contributed by atoms with Crippen molar-refractivity contribution in [2.75, 3.05) is 20.3 Å². The number of aromatic nitrogens is 1. The van der Waals surface area contributed by atoms with Gasteiger partial charge in [-0.25, -0.2) is 19.5 Å². The summed E-state index contributed by atoms with van der Waals surface area (Å²) >= 11 is 0. The maximum atomic E-state index is 14.8. The SMILES string of the molecule is CN[C@](C=O)([N+](=O)C(=O)c1cc([C@H](C)C(F)(F)F)c(C2(F)COC2)cn1)C(C)(C)C. The van der Waals surface area contributed by atoms with Gasteiger partial charge in [-0.05, 0) is 25.6 Å². The van der Waals surface area contributed by atoms with Crippen molar-refractivity contribution >= 4 is 12.2 Å². The second-order valence-electron chi connectivity index (χ2n) is 8.36. The largest absolute Gasteiger partial charge is 0.486 e. The van der Waals surface area contributed by atoms with E-state index < -0.39 is 59.2 Å². The third-order valence-electron chi connectivity index (χ3n) is 5.46. The average Bonchev–Trinajstić information content (AvgIpc) is 2.63. The van der Waals surface area contributed by atoms with E-state index in [1.165, 1.54) is 27.8 Å². The van der Waals surface area contributed by atoms with Crippen LogP contribution >= 0.6 is 0 Å².